The molecule has 0 fully saturated rings. The molecule has 1 aromatic carbocycles. The van der Waals surface area contributed by atoms with Crippen LogP contribution in [0.15, 0.2) is 44.7 Å². The van der Waals surface area contributed by atoms with Crippen LogP contribution in [0.4, 0.5) is 0 Å². The number of alkyl halides is 1. The zero-order valence-corrected chi connectivity index (χ0v) is 14.4. The van der Waals surface area contributed by atoms with Gasteiger partial charge in [0.25, 0.3) is 0 Å². The van der Waals surface area contributed by atoms with Gasteiger partial charge in [-0.1, -0.05) is 28.1 Å². The van der Waals surface area contributed by atoms with E-state index in [9.17, 15) is 0 Å². The van der Waals surface area contributed by atoms with Gasteiger partial charge in [-0.05, 0) is 64.5 Å². The fourth-order valence-electron chi connectivity index (χ4n) is 1.92. The molecule has 0 aliphatic heterocycles. The summed E-state index contributed by atoms with van der Waals surface area (Å²) in [6, 6.07) is 12.7. The van der Waals surface area contributed by atoms with Crippen molar-refractivity contribution in [3.63, 3.8) is 0 Å². The molecular formula is C14H13Br2ClS. The van der Waals surface area contributed by atoms with E-state index in [4.69, 9.17) is 11.6 Å². The fourth-order valence-corrected chi connectivity index (χ4v) is 4.19. The molecule has 0 radical (unpaired) electrons. The van der Waals surface area contributed by atoms with Crippen molar-refractivity contribution in [1.29, 1.82) is 0 Å². The quantitative estimate of drug-likeness (QED) is 0.539. The van der Waals surface area contributed by atoms with Crippen molar-refractivity contribution in [1.82, 2.24) is 0 Å². The number of hydrogen-bond donors (Lipinski definition) is 0. The van der Waals surface area contributed by atoms with E-state index in [-0.39, 0.29) is 0 Å². The van der Waals surface area contributed by atoms with Crippen molar-refractivity contribution in [2.45, 2.75) is 12.8 Å². The van der Waals surface area contributed by atoms with Gasteiger partial charge in [-0.3, -0.25) is 0 Å². The SMILES string of the molecule is ClCC(Cc1cccc(Br)c1)Cc1ccc(Br)s1. The Morgan fingerprint density at radius 2 is 1.94 bits per heavy atom. The lowest BCUT2D eigenvalue weighted by molar-refractivity contribution is 0.589. The van der Waals surface area contributed by atoms with E-state index in [1.807, 2.05) is 0 Å². The highest BCUT2D eigenvalue weighted by Gasteiger charge is 2.11. The lowest BCUT2D eigenvalue weighted by Gasteiger charge is -2.13. The second-order valence-corrected chi connectivity index (χ2v) is 8.04. The first-order valence-corrected chi connectivity index (χ1v) is 8.65. The van der Waals surface area contributed by atoms with Crippen LogP contribution in [0.3, 0.4) is 0 Å². The standard InChI is InChI=1S/C14H13Br2ClS/c15-12-3-1-2-10(7-12)6-11(9-17)8-13-4-5-14(16)18-13/h1-5,7,11H,6,8-9H2. The van der Waals surface area contributed by atoms with Crippen molar-refractivity contribution < 1.29 is 0 Å². The van der Waals surface area contributed by atoms with Crippen molar-refractivity contribution in [2.75, 3.05) is 5.88 Å². The number of hydrogen-bond acceptors (Lipinski definition) is 1. The third kappa shape index (κ3) is 4.37. The van der Waals surface area contributed by atoms with E-state index < -0.39 is 0 Å². The Morgan fingerprint density at radius 1 is 1.11 bits per heavy atom. The molecule has 1 atom stereocenters. The number of halogens is 3. The van der Waals surface area contributed by atoms with Crippen LogP contribution < -0.4 is 0 Å². The van der Waals surface area contributed by atoms with Gasteiger partial charge in [0.1, 0.15) is 0 Å². The third-order valence-corrected chi connectivity index (χ3v) is 5.33. The Hall–Kier alpha value is 0.170. The first-order valence-electron chi connectivity index (χ1n) is 5.72. The van der Waals surface area contributed by atoms with Crippen LogP contribution in [0.5, 0.6) is 0 Å². The largest absolute Gasteiger partial charge is 0.133 e. The maximum absolute atomic E-state index is 6.10. The van der Waals surface area contributed by atoms with Gasteiger partial charge in [0.2, 0.25) is 0 Å². The smallest absolute Gasteiger partial charge is 0.0701 e. The van der Waals surface area contributed by atoms with Gasteiger partial charge in [-0.15, -0.1) is 22.9 Å². The Kier molecular flexibility index (Phi) is 5.74. The Balaban J connectivity index is 2.01. The van der Waals surface area contributed by atoms with Gasteiger partial charge in [0.15, 0.2) is 0 Å². The van der Waals surface area contributed by atoms with Gasteiger partial charge in [0, 0.05) is 15.2 Å². The molecule has 18 heavy (non-hydrogen) atoms. The average Bonchev–Trinajstić information content (AvgIpc) is 2.74. The highest BCUT2D eigenvalue weighted by Crippen LogP contribution is 2.26. The normalized spacial score (nSPS) is 12.6. The summed E-state index contributed by atoms with van der Waals surface area (Å²) in [5.41, 5.74) is 1.34. The summed E-state index contributed by atoms with van der Waals surface area (Å²) < 4.78 is 2.32. The summed E-state index contributed by atoms with van der Waals surface area (Å²) in [5, 5.41) is 0. The number of rotatable bonds is 5. The molecule has 1 unspecified atom stereocenters. The number of thiophene rings is 1. The van der Waals surface area contributed by atoms with E-state index in [1.54, 1.807) is 11.3 Å². The van der Waals surface area contributed by atoms with E-state index in [2.05, 4.69) is 68.3 Å². The summed E-state index contributed by atoms with van der Waals surface area (Å²) in [7, 11) is 0. The summed E-state index contributed by atoms with van der Waals surface area (Å²) in [6.45, 7) is 0. The van der Waals surface area contributed by atoms with Crippen molar-refractivity contribution in [3.8, 4) is 0 Å². The minimum atomic E-state index is 0.492. The second-order valence-electron chi connectivity index (χ2n) is 4.26. The molecule has 1 heterocycles. The van der Waals surface area contributed by atoms with E-state index in [1.165, 1.54) is 14.2 Å². The van der Waals surface area contributed by atoms with Gasteiger partial charge in [-0.2, -0.15) is 0 Å². The Labute approximate surface area is 134 Å². The predicted octanol–water partition coefficient (Wildman–Crippen LogP) is 5.91. The van der Waals surface area contributed by atoms with Crippen LogP contribution in [0.1, 0.15) is 10.4 Å². The maximum Gasteiger partial charge on any atom is 0.0701 e. The minimum absolute atomic E-state index is 0.492. The monoisotopic (exact) mass is 406 g/mol. The van der Waals surface area contributed by atoms with Crippen molar-refractivity contribution in [2.24, 2.45) is 5.92 Å². The molecule has 0 saturated heterocycles. The summed E-state index contributed by atoms with van der Waals surface area (Å²) in [6.07, 6.45) is 2.07. The molecule has 0 spiro atoms. The molecule has 0 bridgehead atoms. The lowest BCUT2D eigenvalue weighted by atomic mass is 9.97. The molecule has 2 rings (SSSR count). The van der Waals surface area contributed by atoms with E-state index in [0.29, 0.717) is 11.8 Å². The van der Waals surface area contributed by atoms with Gasteiger partial charge < -0.3 is 0 Å². The zero-order chi connectivity index (χ0) is 13.0. The molecule has 1 aromatic heterocycles. The Bertz CT molecular complexity index is 510. The molecule has 96 valence electrons. The second kappa shape index (κ2) is 7.09. The highest BCUT2D eigenvalue weighted by atomic mass is 79.9. The van der Waals surface area contributed by atoms with Crippen LogP contribution in [-0.4, -0.2) is 5.88 Å². The highest BCUT2D eigenvalue weighted by molar-refractivity contribution is 9.11. The summed E-state index contributed by atoms with van der Waals surface area (Å²) in [5.74, 6) is 1.19. The average molecular weight is 409 g/mol. The van der Waals surface area contributed by atoms with Crippen LogP contribution >= 0.6 is 54.8 Å². The zero-order valence-electron chi connectivity index (χ0n) is 9.70. The molecule has 4 heteroatoms. The van der Waals surface area contributed by atoms with Gasteiger partial charge in [-0.25, -0.2) is 0 Å². The van der Waals surface area contributed by atoms with Crippen LogP contribution in [0.2, 0.25) is 0 Å². The third-order valence-electron chi connectivity index (χ3n) is 2.75. The Morgan fingerprint density at radius 3 is 2.56 bits per heavy atom. The minimum Gasteiger partial charge on any atom is -0.133 e. The van der Waals surface area contributed by atoms with E-state index in [0.717, 1.165) is 17.3 Å². The summed E-state index contributed by atoms with van der Waals surface area (Å²) in [4.78, 5) is 1.39. The van der Waals surface area contributed by atoms with Gasteiger partial charge >= 0.3 is 0 Å². The maximum atomic E-state index is 6.10. The van der Waals surface area contributed by atoms with Crippen molar-refractivity contribution >= 4 is 54.8 Å². The molecule has 0 amide bonds. The molecule has 2 aromatic rings. The molecule has 0 N–H and O–H groups in total. The number of benzene rings is 1. The fraction of sp³-hybridized carbons (Fsp3) is 0.286. The molecular weight excluding hydrogens is 395 g/mol. The molecule has 0 saturated carbocycles. The van der Waals surface area contributed by atoms with Gasteiger partial charge in [0.05, 0.1) is 3.79 Å². The predicted molar refractivity (Wildman–Crippen MR) is 87.8 cm³/mol. The molecule has 0 aliphatic rings. The first kappa shape index (κ1) is 14.6. The lowest BCUT2D eigenvalue weighted by Crippen LogP contribution is -2.09. The summed E-state index contributed by atoms with van der Waals surface area (Å²) >= 11 is 14.9. The molecule has 0 aliphatic carbocycles. The topological polar surface area (TPSA) is 0 Å². The van der Waals surface area contributed by atoms with Crippen LogP contribution in [0, 0.1) is 5.92 Å². The van der Waals surface area contributed by atoms with E-state index >= 15 is 0 Å². The van der Waals surface area contributed by atoms with Crippen molar-refractivity contribution in [3.05, 3.63) is 55.1 Å². The first-order chi connectivity index (χ1) is 8.67. The molecule has 0 nitrogen and oxygen atoms in total. The van der Waals surface area contributed by atoms with Crippen LogP contribution in [-0.2, 0) is 12.8 Å². The van der Waals surface area contributed by atoms with Crippen LogP contribution in [0.25, 0.3) is 0 Å².